The van der Waals surface area contributed by atoms with E-state index in [0.29, 0.717) is 0 Å². The summed E-state index contributed by atoms with van der Waals surface area (Å²) in [5, 5.41) is 47.5. The molecule has 1 aliphatic heterocycles. The smallest absolute Gasteiger partial charge is 0.407 e. The number of benzene rings is 2. The van der Waals surface area contributed by atoms with Crippen molar-refractivity contribution in [2.75, 3.05) is 19.5 Å². The number of fused-ring (bicyclic) bond motifs is 3. The number of carbonyl (C=O) groups excluding carboxylic acids is 4. The average molecular weight is 703 g/mol. The number of rotatable bonds is 8. The van der Waals surface area contributed by atoms with Crippen LogP contribution in [0.2, 0.25) is 0 Å². The summed E-state index contributed by atoms with van der Waals surface area (Å²) < 4.78 is 43.5. The molecule has 15 nitrogen and oxygen atoms in total. The second kappa shape index (κ2) is 14.4. The number of ketones is 3. The van der Waals surface area contributed by atoms with Crippen molar-refractivity contribution in [1.29, 1.82) is 0 Å². The number of aliphatic hydroxyl groups is 2. The summed E-state index contributed by atoms with van der Waals surface area (Å²) in [6, 6.07) is 3.29. The van der Waals surface area contributed by atoms with E-state index in [1.165, 1.54) is 32.2 Å². The molecule has 0 bridgehead atoms. The molecule has 5 rings (SSSR count). The molecule has 2 aromatic carbocycles. The minimum Gasteiger partial charge on any atom is -0.772 e. The summed E-state index contributed by atoms with van der Waals surface area (Å²) in [7, 11) is 1.30. The molecule has 17 heteroatoms. The van der Waals surface area contributed by atoms with Crippen LogP contribution in [0.5, 0.6) is 17.2 Å². The number of aliphatic hydroxyl groups excluding tert-OH is 1. The zero-order valence-electron chi connectivity index (χ0n) is 25.3. The van der Waals surface area contributed by atoms with Crippen LogP contribution in [-0.2, 0) is 36.5 Å². The Kier molecular flexibility index (Phi) is 11.4. The molecule has 0 spiro atoms. The first-order valence-corrected chi connectivity index (χ1v) is 15.5. The number of aromatic hydroxyl groups is 2. The minimum absolute atomic E-state index is 0. The fourth-order valence-electron chi connectivity index (χ4n) is 6.16. The van der Waals surface area contributed by atoms with Gasteiger partial charge in [-0.05, 0) is 19.9 Å². The largest absolute Gasteiger partial charge is 0.772 e. The number of methoxy groups -OCH3 is 1. The molecule has 47 heavy (non-hydrogen) atoms. The van der Waals surface area contributed by atoms with Crippen LogP contribution in [0.15, 0.2) is 18.2 Å². The van der Waals surface area contributed by atoms with Gasteiger partial charge in [-0.2, -0.15) is 0 Å². The standard InChI is InChI=1S/C30H33NO14S.Ar/c1-12-24(33)16(31-29(38)43-7-8-46(40)41)9-19(44-12)45-18-11-30(39,13(2)32)10-15-21(18)28(37)23-22(26(15)35)25(34)14-5-4-6-17(42-3)20(14)27(23)36;/h4-6,12,16,18-19,24,33,35,37,39H,7-11H2,1-3H3,(H,31,38)(H,40,41);/p-1/t12?,16?,18?,19?,24?,30-;/m0./s1. The van der Waals surface area contributed by atoms with E-state index in [0.717, 1.165) is 6.92 Å². The van der Waals surface area contributed by atoms with E-state index in [9.17, 15) is 48.4 Å². The molecule has 256 valence electrons. The van der Waals surface area contributed by atoms with Gasteiger partial charge in [-0.25, -0.2) is 4.79 Å². The van der Waals surface area contributed by atoms with Gasteiger partial charge < -0.3 is 49.2 Å². The summed E-state index contributed by atoms with van der Waals surface area (Å²) in [5.41, 5.74) is -3.65. The topological polar surface area (TPSA) is 238 Å². The van der Waals surface area contributed by atoms with E-state index in [4.69, 9.17) is 18.9 Å². The van der Waals surface area contributed by atoms with Crippen LogP contribution < -0.4 is 10.1 Å². The molecule has 1 fully saturated rings. The summed E-state index contributed by atoms with van der Waals surface area (Å²) in [6.07, 6.45) is -7.03. The Bertz CT molecular complexity index is 1650. The van der Waals surface area contributed by atoms with Crippen molar-refractivity contribution in [1.82, 2.24) is 5.32 Å². The van der Waals surface area contributed by atoms with Gasteiger partial charge in [-0.15, -0.1) is 0 Å². The zero-order chi connectivity index (χ0) is 33.7. The fraction of sp³-hybridized carbons (Fsp3) is 0.467. The summed E-state index contributed by atoms with van der Waals surface area (Å²) in [5.74, 6) is -4.07. The summed E-state index contributed by atoms with van der Waals surface area (Å²) >= 11 is -2.43. The SMILES string of the molecule is COc1cccc2c1C(=O)c1c(O)c3c(c(O)c1C2=O)C[C@@](O)(C(C)=O)CC3OC1CC(NC(=O)OCCS(=O)[O-])C(O)C(C)O1.[Ar]. The Morgan fingerprint density at radius 2 is 1.83 bits per heavy atom. The van der Waals surface area contributed by atoms with E-state index < -0.39 is 119 Å². The number of phenolic OH excluding ortho intramolecular Hbond substituents is 2. The molecular weight excluding hydrogens is 670 g/mol. The van der Waals surface area contributed by atoms with Crippen LogP contribution in [0.4, 0.5) is 4.79 Å². The molecule has 0 saturated carbocycles. The van der Waals surface area contributed by atoms with Gasteiger partial charge in [-0.3, -0.25) is 18.6 Å². The second-order valence-electron chi connectivity index (χ2n) is 11.4. The van der Waals surface area contributed by atoms with Crippen molar-refractivity contribution < 1.29 is 105 Å². The third-order valence-corrected chi connectivity index (χ3v) is 9.04. The predicted octanol–water partition coefficient (Wildman–Crippen LogP) is 0.675. The third kappa shape index (κ3) is 6.93. The number of Topliss-reactive ketones (excluding diaryl/α,β-unsaturated/α-hetero) is 1. The van der Waals surface area contributed by atoms with Crippen molar-refractivity contribution in [3.8, 4) is 17.2 Å². The first kappa shape index (κ1) is 37.2. The molecule has 5 N–H and O–H groups in total. The molecule has 3 aliphatic rings. The van der Waals surface area contributed by atoms with Crippen molar-refractivity contribution >= 4 is 34.5 Å². The second-order valence-corrected chi connectivity index (χ2v) is 12.4. The number of phenols is 2. The number of amides is 1. The number of ether oxygens (including phenoxy) is 4. The first-order valence-electron chi connectivity index (χ1n) is 14.3. The van der Waals surface area contributed by atoms with E-state index in [1.807, 2.05) is 0 Å². The maximum absolute atomic E-state index is 13.8. The van der Waals surface area contributed by atoms with Gasteiger partial charge in [-0.1, -0.05) is 23.2 Å². The molecule has 2 aliphatic carbocycles. The molecular formula is C30H32ArNO14S-. The number of hydrogen-bond donors (Lipinski definition) is 5. The molecule has 1 heterocycles. The zero-order valence-corrected chi connectivity index (χ0v) is 26.8. The van der Waals surface area contributed by atoms with Crippen LogP contribution in [0.3, 0.4) is 0 Å². The maximum Gasteiger partial charge on any atom is 0.407 e. The average Bonchev–Trinajstić information content (AvgIpc) is 2.99. The van der Waals surface area contributed by atoms with E-state index in [1.54, 1.807) is 0 Å². The van der Waals surface area contributed by atoms with Gasteiger partial charge in [0.1, 0.15) is 35.6 Å². The monoisotopic (exact) mass is 702 g/mol. The molecule has 1 saturated heterocycles. The number of hydrogen-bond acceptors (Lipinski definition) is 14. The van der Waals surface area contributed by atoms with Gasteiger partial charge in [0.25, 0.3) is 0 Å². The Labute approximate surface area is 300 Å². The summed E-state index contributed by atoms with van der Waals surface area (Å²) in [4.78, 5) is 52.3. The van der Waals surface area contributed by atoms with E-state index in [-0.39, 0.29) is 72.2 Å². The molecule has 6 unspecified atom stereocenters. The van der Waals surface area contributed by atoms with Crippen LogP contribution in [0.25, 0.3) is 0 Å². The molecule has 1 amide bonds. The maximum atomic E-state index is 13.8. The van der Waals surface area contributed by atoms with Crippen molar-refractivity contribution in [2.24, 2.45) is 0 Å². The van der Waals surface area contributed by atoms with Crippen LogP contribution in [0, 0.1) is 37.7 Å². The van der Waals surface area contributed by atoms with Gasteiger partial charge >= 0.3 is 6.09 Å². The summed E-state index contributed by atoms with van der Waals surface area (Å²) in [6.45, 7) is 2.18. The van der Waals surface area contributed by atoms with Gasteiger partial charge in [0.05, 0.1) is 42.0 Å². The number of alkyl carbamates (subject to hydrolysis) is 1. The van der Waals surface area contributed by atoms with Crippen molar-refractivity contribution in [2.45, 2.75) is 69.4 Å². The Balaban J connectivity index is 0.00000500. The molecule has 2 aromatic rings. The van der Waals surface area contributed by atoms with Gasteiger partial charge in [0.15, 0.2) is 17.9 Å². The number of carbonyl (C=O) groups is 4. The van der Waals surface area contributed by atoms with Gasteiger partial charge in [0.2, 0.25) is 5.78 Å². The number of nitrogens with one attached hydrogen (secondary N) is 1. The fourth-order valence-corrected chi connectivity index (χ4v) is 6.38. The quantitative estimate of drug-likeness (QED) is 0.160. The normalized spacial score (nSPS) is 27.0. The van der Waals surface area contributed by atoms with Gasteiger partial charge in [0, 0.05) is 79.4 Å². The first-order chi connectivity index (χ1) is 21.7. The minimum atomic E-state index is -2.43. The Morgan fingerprint density at radius 3 is 2.47 bits per heavy atom. The predicted molar refractivity (Wildman–Crippen MR) is 154 cm³/mol. The van der Waals surface area contributed by atoms with Crippen molar-refractivity contribution in [3.05, 3.63) is 51.6 Å². The third-order valence-electron chi connectivity index (χ3n) is 8.54. The van der Waals surface area contributed by atoms with Crippen LogP contribution in [0.1, 0.15) is 75.8 Å². The Hall–Kier alpha value is -2.67. The van der Waals surface area contributed by atoms with Crippen molar-refractivity contribution in [3.63, 3.8) is 0 Å². The Morgan fingerprint density at radius 1 is 1.15 bits per heavy atom. The van der Waals surface area contributed by atoms with E-state index in [2.05, 4.69) is 5.32 Å². The van der Waals surface area contributed by atoms with Crippen LogP contribution >= 0.6 is 0 Å². The molecule has 0 radical (unpaired) electrons. The molecule has 0 aromatic heterocycles. The van der Waals surface area contributed by atoms with Crippen LogP contribution in [-0.4, -0.2) is 102 Å². The van der Waals surface area contributed by atoms with E-state index >= 15 is 0 Å². The molecule has 7 atom stereocenters.